The third kappa shape index (κ3) is 4.49. The van der Waals surface area contributed by atoms with Crippen LogP contribution in [0.2, 0.25) is 0 Å². The van der Waals surface area contributed by atoms with E-state index in [4.69, 9.17) is 10.5 Å². The van der Waals surface area contributed by atoms with Gasteiger partial charge < -0.3 is 15.8 Å². The summed E-state index contributed by atoms with van der Waals surface area (Å²) in [6.07, 6.45) is 0.621. The van der Waals surface area contributed by atoms with Crippen LogP contribution in [-0.2, 0) is 4.79 Å². The molecule has 5 heteroatoms. The van der Waals surface area contributed by atoms with Crippen molar-refractivity contribution in [3.63, 3.8) is 0 Å². The van der Waals surface area contributed by atoms with Gasteiger partial charge in [0.15, 0.2) is 11.6 Å². The third-order valence-corrected chi connectivity index (χ3v) is 3.10. The fourth-order valence-electron chi connectivity index (χ4n) is 1.97. The summed E-state index contributed by atoms with van der Waals surface area (Å²) in [6, 6.07) is 3.78. The largest absolute Gasteiger partial charge is 0.494 e. The van der Waals surface area contributed by atoms with Crippen LogP contribution in [0.5, 0.6) is 5.75 Å². The Hall–Kier alpha value is -1.62. The number of benzene rings is 1. The molecule has 1 rings (SSSR count). The maximum absolute atomic E-state index is 13.6. The molecule has 0 bridgehead atoms. The normalized spacial score (nSPS) is 13.9. The highest BCUT2D eigenvalue weighted by Gasteiger charge is 2.18. The summed E-state index contributed by atoms with van der Waals surface area (Å²) < 4.78 is 18.5. The Morgan fingerprint density at radius 2 is 2.05 bits per heavy atom. The van der Waals surface area contributed by atoms with E-state index in [9.17, 15) is 9.18 Å². The van der Waals surface area contributed by atoms with Gasteiger partial charge in [0.2, 0.25) is 5.91 Å². The Bertz CT molecular complexity index is 463. The van der Waals surface area contributed by atoms with Crippen molar-refractivity contribution in [1.29, 1.82) is 0 Å². The van der Waals surface area contributed by atoms with Gasteiger partial charge in [-0.2, -0.15) is 0 Å². The van der Waals surface area contributed by atoms with Gasteiger partial charge in [-0.25, -0.2) is 4.39 Å². The maximum Gasteiger partial charge on any atom is 0.237 e. The molecule has 112 valence electrons. The van der Waals surface area contributed by atoms with E-state index < -0.39 is 11.9 Å². The predicted molar refractivity (Wildman–Crippen MR) is 76.9 cm³/mol. The number of carbonyl (C=O) groups excluding carboxylic acids is 1. The van der Waals surface area contributed by atoms with Crippen LogP contribution in [-0.4, -0.2) is 19.1 Å². The van der Waals surface area contributed by atoms with Crippen molar-refractivity contribution in [2.45, 2.75) is 39.3 Å². The molecule has 0 aromatic heterocycles. The van der Waals surface area contributed by atoms with Gasteiger partial charge in [0, 0.05) is 0 Å². The molecule has 0 saturated heterocycles. The van der Waals surface area contributed by atoms with Crippen LogP contribution >= 0.6 is 0 Å². The second-order valence-corrected chi connectivity index (χ2v) is 5.36. The molecule has 1 amide bonds. The van der Waals surface area contributed by atoms with Crippen molar-refractivity contribution in [3.05, 3.63) is 29.6 Å². The van der Waals surface area contributed by atoms with Gasteiger partial charge in [-0.3, -0.25) is 4.79 Å². The number of amides is 1. The number of ether oxygens (including phenoxy) is 1. The molecule has 0 aliphatic carbocycles. The van der Waals surface area contributed by atoms with E-state index in [1.165, 1.54) is 13.2 Å². The van der Waals surface area contributed by atoms with Crippen LogP contribution in [0.4, 0.5) is 4.39 Å². The molecule has 2 atom stereocenters. The summed E-state index contributed by atoms with van der Waals surface area (Å²) >= 11 is 0. The summed E-state index contributed by atoms with van der Waals surface area (Å²) in [5.41, 5.74) is 6.49. The number of carbonyl (C=O) groups is 1. The van der Waals surface area contributed by atoms with Gasteiger partial charge in [-0.15, -0.1) is 0 Å². The van der Waals surface area contributed by atoms with Crippen molar-refractivity contribution in [3.8, 4) is 5.75 Å². The fourth-order valence-corrected chi connectivity index (χ4v) is 1.97. The molecule has 1 unspecified atom stereocenters. The number of hydrogen-bond donors (Lipinski definition) is 2. The van der Waals surface area contributed by atoms with Gasteiger partial charge >= 0.3 is 0 Å². The zero-order valence-electron chi connectivity index (χ0n) is 12.4. The maximum atomic E-state index is 13.6. The first-order valence-corrected chi connectivity index (χ1v) is 6.74. The first-order valence-electron chi connectivity index (χ1n) is 6.74. The number of hydrogen-bond acceptors (Lipinski definition) is 3. The minimum absolute atomic E-state index is 0.184. The first-order chi connectivity index (χ1) is 9.35. The third-order valence-electron chi connectivity index (χ3n) is 3.10. The van der Waals surface area contributed by atoms with Gasteiger partial charge in [0.05, 0.1) is 19.2 Å². The predicted octanol–water partition coefficient (Wildman–Crippen LogP) is 2.38. The van der Waals surface area contributed by atoms with Crippen LogP contribution < -0.4 is 15.8 Å². The summed E-state index contributed by atoms with van der Waals surface area (Å²) in [7, 11) is 1.41. The molecule has 4 nitrogen and oxygen atoms in total. The zero-order valence-corrected chi connectivity index (χ0v) is 12.4. The van der Waals surface area contributed by atoms with Gasteiger partial charge in [-0.1, -0.05) is 19.9 Å². The number of rotatable bonds is 6. The quantitative estimate of drug-likeness (QED) is 0.842. The molecule has 1 aromatic carbocycles. The van der Waals surface area contributed by atoms with Gasteiger partial charge in [0.1, 0.15) is 0 Å². The summed E-state index contributed by atoms with van der Waals surface area (Å²) in [5, 5.41) is 2.79. The van der Waals surface area contributed by atoms with E-state index in [1.54, 1.807) is 19.1 Å². The van der Waals surface area contributed by atoms with Gasteiger partial charge in [0.25, 0.3) is 0 Å². The van der Waals surface area contributed by atoms with Crippen molar-refractivity contribution in [2.75, 3.05) is 7.11 Å². The Balaban J connectivity index is 2.68. The molecule has 20 heavy (non-hydrogen) atoms. The molecule has 0 heterocycles. The van der Waals surface area contributed by atoms with E-state index in [0.717, 1.165) is 0 Å². The molecule has 0 saturated carbocycles. The van der Waals surface area contributed by atoms with Crippen molar-refractivity contribution < 1.29 is 13.9 Å². The van der Waals surface area contributed by atoms with Crippen LogP contribution in [0.1, 0.15) is 38.8 Å². The second kappa shape index (κ2) is 7.24. The Labute approximate surface area is 119 Å². The molecule has 0 radical (unpaired) electrons. The minimum atomic E-state index is -0.541. The Morgan fingerprint density at radius 1 is 1.40 bits per heavy atom. The monoisotopic (exact) mass is 282 g/mol. The topological polar surface area (TPSA) is 64.3 Å². The lowest BCUT2D eigenvalue weighted by molar-refractivity contribution is -0.123. The zero-order chi connectivity index (χ0) is 15.3. The number of halogens is 1. The first kappa shape index (κ1) is 16.4. The molecular formula is C15H23FN2O2. The number of nitrogens with one attached hydrogen (secondary N) is 1. The fraction of sp³-hybridized carbons (Fsp3) is 0.533. The summed E-state index contributed by atoms with van der Waals surface area (Å²) in [5.74, 6) is -0.131. The van der Waals surface area contributed by atoms with Crippen LogP contribution in [0.15, 0.2) is 18.2 Å². The highest BCUT2D eigenvalue weighted by Crippen LogP contribution is 2.21. The SMILES string of the molecule is COc1ccc(C(C)NC(=O)[C@@H](N)CC(C)C)cc1F. The van der Waals surface area contributed by atoms with Crippen LogP contribution in [0.3, 0.4) is 0 Å². The van der Waals surface area contributed by atoms with Crippen molar-refractivity contribution in [2.24, 2.45) is 11.7 Å². The average Bonchev–Trinajstić information content (AvgIpc) is 2.37. The lowest BCUT2D eigenvalue weighted by atomic mass is 10.0. The van der Waals surface area contributed by atoms with Gasteiger partial charge in [-0.05, 0) is 37.0 Å². The standard InChI is InChI=1S/C15H23FN2O2/c1-9(2)7-13(17)15(19)18-10(3)11-5-6-14(20-4)12(16)8-11/h5-6,8-10,13H,7,17H2,1-4H3,(H,18,19)/t10?,13-/m0/s1. The number of nitrogens with two attached hydrogens (primary N) is 1. The van der Waals surface area contributed by atoms with E-state index in [0.29, 0.717) is 17.9 Å². The average molecular weight is 282 g/mol. The molecule has 0 aliphatic heterocycles. The Kier molecular flexibility index (Phi) is 5.95. The molecule has 3 N–H and O–H groups in total. The van der Waals surface area contributed by atoms with E-state index in [1.807, 2.05) is 13.8 Å². The molecule has 1 aromatic rings. The van der Waals surface area contributed by atoms with Crippen LogP contribution in [0.25, 0.3) is 0 Å². The van der Waals surface area contributed by atoms with E-state index >= 15 is 0 Å². The highest BCUT2D eigenvalue weighted by atomic mass is 19.1. The molecule has 0 aliphatic rings. The number of methoxy groups -OCH3 is 1. The lowest BCUT2D eigenvalue weighted by Gasteiger charge is -2.19. The smallest absolute Gasteiger partial charge is 0.237 e. The Morgan fingerprint density at radius 3 is 2.55 bits per heavy atom. The van der Waals surface area contributed by atoms with E-state index in [2.05, 4.69) is 5.32 Å². The van der Waals surface area contributed by atoms with E-state index in [-0.39, 0.29) is 17.7 Å². The molecule has 0 spiro atoms. The second-order valence-electron chi connectivity index (χ2n) is 5.36. The van der Waals surface area contributed by atoms with Crippen LogP contribution in [0, 0.1) is 11.7 Å². The molecular weight excluding hydrogens is 259 g/mol. The summed E-state index contributed by atoms with van der Waals surface area (Å²) in [4.78, 5) is 11.9. The van der Waals surface area contributed by atoms with Crippen molar-refractivity contribution in [1.82, 2.24) is 5.32 Å². The highest BCUT2D eigenvalue weighted by molar-refractivity contribution is 5.81. The minimum Gasteiger partial charge on any atom is -0.494 e. The summed E-state index contributed by atoms with van der Waals surface area (Å²) in [6.45, 7) is 5.81. The van der Waals surface area contributed by atoms with Crippen molar-refractivity contribution >= 4 is 5.91 Å². The lowest BCUT2D eigenvalue weighted by Crippen LogP contribution is -2.42. The molecule has 0 fully saturated rings.